The molecule has 0 radical (unpaired) electrons. The topological polar surface area (TPSA) is 85.1 Å². The number of halogens is 1. The average Bonchev–Trinajstić information content (AvgIpc) is 3.16. The summed E-state index contributed by atoms with van der Waals surface area (Å²) >= 11 is 6.25. The van der Waals surface area contributed by atoms with Crippen molar-refractivity contribution in [2.45, 2.75) is 38.1 Å². The minimum absolute atomic E-state index is 0.108. The lowest BCUT2D eigenvalue weighted by Crippen LogP contribution is -2.46. The van der Waals surface area contributed by atoms with Gasteiger partial charge in [-0.1, -0.05) is 11.6 Å². The molecule has 3 fully saturated rings. The summed E-state index contributed by atoms with van der Waals surface area (Å²) in [7, 11) is 1.44. The van der Waals surface area contributed by atoms with Crippen LogP contribution in [0.2, 0.25) is 5.02 Å². The quantitative estimate of drug-likeness (QED) is 0.551. The van der Waals surface area contributed by atoms with E-state index < -0.39 is 0 Å². The van der Waals surface area contributed by atoms with Crippen LogP contribution in [0.4, 0.5) is 10.5 Å². The van der Waals surface area contributed by atoms with E-state index >= 15 is 0 Å². The lowest BCUT2D eigenvalue weighted by Gasteiger charge is -2.37. The number of rotatable bonds is 5. The first-order chi connectivity index (χ1) is 15.0. The summed E-state index contributed by atoms with van der Waals surface area (Å²) in [5, 5.41) is 0.449. The van der Waals surface area contributed by atoms with Crippen molar-refractivity contribution < 1.29 is 19.1 Å². The zero-order valence-electron chi connectivity index (χ0n) is 17.9. The van der Waals surface area contributed by atoms with Crippen molar-refractivity contribution >= 4 is 29.2 Å². The zero-order chi connectivity index (χ0) is 21.7. The zero-order valence-corrected chi connectivity index (χ0v) is 18.7. The maximum absolute atomic E-state index is 12.9. The number of methoxy groups -OCH3 is 1. The number of hydrogen-bond donors (Lipinski definition) is 1. The number of nitrogen functional groups attached to an aromatic ring is 1. The van der Waals surface area contributed by atoms with Crippen molar-refractivity contribution in [1.82, 2.24) is 9.80 Å². The Morgan fingerprint density at radius 2 is 1.97 bits per heavy atom. The largest absolute Gasteiger partial charge is 0.492 e. The Morgan fingerprint density at radius 1 is 1.26 bits per heavy atom. The predicted octanol–water partition coefficient (Wildman–Crippen LogP) is 3.23. The van der Waals surface area contributed by atoms with E-state index in [0.29, 0.717) is 65.3 Å². The Hall–Kier alpha value is -1.99. The van der Waals surface area contributed by atoms with Crippen molar-refractivity contribution in [1.29, 1.82) is 0 Å². The second-order valence-electron chi connectivity index (χ2n) is 9.32. The molecule has 168 valence electrons. The molecular weight excluding hydrogens is 418 g/mol. The number of amides is 1. The molecule has 2 N–H and O–H groups in total. The standard InChI is InChI=1S/C23H30ClN3O4/c1-30-23(29)26-7-4-13(5-8-26)27-11-17-14(18(17)12-27)2-3-20(28)16-10-19(24)21(25)15-6-9-31-22(15)16/h10,13-14,17-18H,2-9,11-12,25H2,1H3. The van der Waals surface area contributed by atoms with E-state index in [0.717, 1.165) is 51.0 Å². The molecule has 0 bridgehead atoms. The third-order valence-electron chi connectivity index (χ3n) is 7.79. The Balaban J connectivity index is 1.11. The molecule has 1 amide bonds. The maximum Gasteiger partial charge on any atom is 0.409 e. The van der Waals surface area contributed by atoms with Gasteiger partial charge in [-0.3, -0.25) is 9.69 Å². The van der Waals surface area contributed by atoms with Crippen LogP contribution in [0.3, 0.4) is 0 Å². The number of fused-ring (bicyclic) bond motifs is 2. The van der Waals surface area contributed by atoms with Gasteiger partial charge in [-0.2, -0.15) is 0 Å². The summed E-state index contributed by atoms with van der Waals surface area (Å²) in [6.07, 6.45) is 3.99. The molecule has 1 aromatic carbocycles. The molecule has 1 saturated carbocycles. The first kappa shape index (κ1) is 20.9. The van der Waals surface area contributed by atoms with Gasteiger partial charge in [0.25, 0.3) is 0 Å². The summed E-state index contributed by atoms with van der Waals surface area (Å²) in [5.41, 5.74) is 8.07. The van der Waals surface area contributed by atoms with E-state index in [2.05, 4.69) is 4.90 Å². The van der Waals surface area contributed by atoms with Crippen LogP contribution in [0.25, 0.3) is 0 Å². The molecule has 0 aromatic heterocycles. The van der Waals surface area contributed by atoms with Crippen LogP contribution in [0.1, 0.15) is 41.6 Å². The fourth-order valence-corrected chi connectivity index (χ4v) is 6.18. The molecule has 1 aromatic rings. The first-order valence-corrected chi connectivity index (χ1v) is 11.7. The van der Waals surface area contributed by atoms with Gasteiger partial charge in [0.2, 0.25) is 0 Å². The highest BCUT2D eigenvalue weighted by molar-refractivity contribution is 6.33. The molecule has 2 atom stereocenters. The van der Waals surface area contributed by atoms with Crippen LogP contribution in [0.15, 0.2) is 6.07 Å². The van der Waals surface area contributed by atoms with Crippen LogP contribution in [0.5, 0.6) is 5.75 Å². The minimum atomic E-state index is -0.217. The molecule has 2 unspecified atom stereocenters. The average molecular weight is 448 g/mol. The predicted molar refractivity (Wildman–Crippen MR) is 118 cm³/mol. The van der Waals surface area contributed by atoms with Gasteiger partial charge < -0.3 is 20.1 Å². The number of nitrogens with zero attached hydrogens (tertiary/aromatic N) is 2. The number of nitrogens with two attached hydrogens (primary N) is 1. The van der Waals surface area contributed by atoms with Crippen molar-refractivity contribution in [3.05, 3.63) is 22.2 Å². The maximum atomic E-state index is 12.9. The number of Topliss-reactive ketones (excluding diaryl/α,β-unsaturated/α-hetero) is 1. The SMILES string of the molecule is COC(=O)N1CCC(N2CC3C(CCC(=O)c4cc(Cl)c(N)c5c4OCC5)C3C2)CC1. The van der Waals surface area contributed by atoms with Crippen LogP contribution >= 0.6 is 11.6 Å². The van der Waals surface area contributed by atoms with Crippen LogP contribution in [-0.4, -0.2) is 67.6 Å². The number of piperidine rings is 2. The Morgan fingerprint density at radius 3 is 2.65 bits per heavy atom. The molecule has 4 aliphatic rings. The second kappa shape index (κ2) is 8.17. The van der Waals surface area contributed by atoms with Crippen molar-refractivity contribution in [2.24, 2.45) is 17.8 Å². The van der Waals surface area contributed by atoms with E-state index in [1.54, 1.807) is 11.0 Å². The lowest BCUT2D eigenvalue weighted by atomic mass is 9.98. The number of benzene rings is 1. The summed E-state index contributed by atoms with van der Waals surface area (Å²) in [6, 6.07) is 2.24. The first-order valence-electron chi connectivity index (χ1n) is 11.3. The van der Waals surface area contributed by atoms with E-state index in [-0.39, 0.29) is 11.9 Å². The number of hydrogen-bond acceptors (Lipinski definition) is 6. The van der Waals surface area contributed by atoms with Gasteiger partial charge in [0.1, 0.15) is 5.75 Å². The fourth-order valence-electron chi connectivity index (χ4n) is 5.96. The normalized spacial score (nSPS) is 27.5. The highest BCUT2D eigenvalue weighted by Crippen LogP contribution is 2.55. The highest BCUT2D eigenvalue weighted by Gasteiger charge is 2.56. The van der Waals surface area contributed by atoms with E-state index in [4.69, 9.17) is 26.8 Å². The van der Waals surface area contributed by atoms with Gasteiger partial charge in [-0.25, -0.2) is 4.79 Å². The number of ether oxygens (including phenoxy) is 2. The van der Waals surface area contributed by atoms with Crippen LogP contribution < -0.4 is 10.5 Å². The molecule has 2 saturated heterocycles. The molecule has 7 nitrogen and oxygen atoms in total. The molecular formula is C23H30ClN3O4. The number of ketones is 1. The monoisotopic (exact) mass is 447 g/mol. The van der Waals surface area contributed by atoms with Gasteiger partial charge >= 0.3 is 6.09 Å². The third-order valence-corrected chi connectivity index (χ3v) is 8.10. The highest BCUT2D eigenvalue weighted by atomic mass is 35.5. The van der Waals surface area contributed by atoms with Crippen LogP contribution in [0, 0.1) is 17.8 Å². The van der Waals surface area contributed by atoms with Crippen molar-refractivity contribution in [2.75, 3.05) is 45.6 Å². The Kier molecular flexibility index (Phi) is 5.51. The van der Waals surface area contributed by atoms with Gasteiger partial charge in [0, 0.05) is 50.6 Å². The van der Waals surface area contributed by atoms with E-state index in [9.17, 15) is 9.59 Å². The Labute approximate surface area is 187 Å². The van der Waals surface area contributed by atoms with Crippen molar-refractivity contribution in [3.8, 4) is 5.75 Å². The van der Waals surface area contributed by atoms with Crippen molar-refractivity contribution in [3.63, 3.8) is 0 Å². The summed E-state index contributed by atoms with van der Waals surface area (Å²) < 4.78 is 10.5. The molecule has 3 aliphatic heterocycles. The molecule has 8 heteroatoms. The number of anilines is 1. The van der Waals surface area contributed by atoms with E-state index in [1.807, 2.05) is 0 Å². The lowest BCUT2D eigenvalue weighted by molar-refractivity contribution is 0.0855. The molecule has 3 heterocycles. The summed E-state index contributed by atoms with van der Waals surface area (Å²) in [4.78, 5) is 29.0. The molecule has 5 rings (SSSR count). The number of carbonyl (C=O) groups excluding carboxylic acids is 2. The number of likely N-dealkylation sites (tertiary alicyclic amines) is 2. The smallest absolute Gasteiger partial charge is 0.409 e. The van der Waals surface area contributed by atoms with Gasteiger partial charge in [-0.05, 0) is 43.1 Å². The molecule has 0 spiro atoms. The van der Waals surface area contributed by atoms with Gasteiger partial charge in [0.05, 0.1) is 30.0 Å². The Bertz CT molecular complexity index is 887. The summed E-state index contributed by atoms with van der Waals surface area (Å²) in [6.45, 7) is 4.36. The molecule has 1 aliphatic carbocycles. The third kappa shape index (κ3) is 3.76. The second-order valence-corrected chi connectivity index (χ2v) is 9.73. The fraction of sp³-hybridized carbons (Fsp3) is 0.652. The minimum Gasteiger partial charge on any atom is -0.492 e. The van der Waals surface area contributed by atoms with Gasteiger partial charge in [-0.15, -0.1) is 0 Å². The summed E-state index contributed by atoms with van der Waals surface area (Å²) in [5.74, 6) is 2.82. The molecule has 31 heavy (non-hydrogen) atoms. The van der Waals surface area contributed by atoms with Gasteiger partial charge in [0.15, 0.2) is 5.78 Å². The number of carbonyl (C=O) groups is 2. The van der Waals surface area contributed by atoms with E-state index in [1.165, 1.54) is 7.11 Å². The van der Waals surface area contributed by atoms with Crippen LogP contribution in [-0.2, 0) is 11.2 Å².